The highest BCUT2D eigenvalue weighted by molar-refractivity contribution is 5.92. The number of nitrogens with one attached hydrogen (secondary N) is 1. The van der Waals surface area contributed by atoms with Crippen LogP contribution in [-0.4, -0.2) is 40.2 Å². The number of hydrogen-bond acceptors (Lipinski definition) is 3. The molecule has 1 amide bonds. The van der Waals surface area contributed by atoms with Crippen LogP contribution >= 0.6 is 0 Å². The topological polar surface area (TPSA) is 50.2 Å². The van der Waals surface area contributed by atoms with Crippen molar-refractivity contribution in [1.29, 1.82) is 0 Å². The zero-order chi connectivity index (χ0) is 18.9. The molecule has 5 heteroatoms. The number of aromatic nitrogens is 2. The molecule has 0 aliphatic rings. The number of rotatable bonds is 10. The summed E-state index contributed by atoms with van der Waals surface area (Å²) in [5.41, 5.74) is 1.87. The van der Waals surface area contributed by atoms with Gasteiger partial charge in [0.25, 0.3) is 5.91 Å². The van der Waals surface area contributed by atoms with Gasteiger partial charge in [-0.25, -0.2) is 0 Å². The Morgan fingerprint density at radius 2 is 1.73 bits per heavy atom. The third kappa shape index (κ3) is 4.73. The Bertz CT molecular complexity index is 660. The molecule has 0 saturated heterocycles. The fraction of sp³-hybridized carbons (Fsp3) is 0.524. The number of carbonyl (C=O) groups is 1. The number of amides is 1. The van der Waals surface area contributed by atoms with Gasteiger partial charge < -0.3 is 5.32 Å². The maximum atomic E-state index is 12.8. The second kappa shape index (κ2) is 10.1. The minimum atomic E-state index is -0.0533. The van der Waals surface area contributed by atoms with E-state index in [0.717, 1.165) is 25.9 Å². The lowest BCUT2D eigenvalue weighted by atomic mass is 10.0. The van der Waals surface area contributed by atoms with Gasteiger partial charge in [-0.2, -0.15) is 5.10 Å². The number of carbonyl (C=O) groups excluding carboxylic acids is 1. The van der Waals surface area contributed by atoms with Gasteiger partial charge in [0.05, 0.1) is 12.1 Å². The summed E-state index contributed by atoms with van der Waals surface area (Å²) in [6.45, 7) is 11.0. The number of nitrogens with zero attached hydrogens (tertiary/aromatic N) is 3. The van der Waals surface area contributed by atoms with Crippen molar-refractivity contribution in [2.45, 2.75) is 52.6 Å². The monoisotopic (exact) mass is 356 g/mol. The van der Waals surface area contributed by atoms with Gasteiger partial charge in [-0.05, 0) is 37.6 Å². The van der Waals surface area contributed by atoms with Crippen molar-refractivity contribution in [2.24, 2.45) is 0 Å². The molecule has 1 atom stereocenters. The average Bonchev–Trinajstić information content (AvgIpc) is 3.16. The lowest BCUT2D eigenvalue weighted by molar-refractivity contribution is 0.0921. The van der Waals surface area contributed by atoms with E-state index in [0.29, 0.717) is 12.2 Å². The summed E-state index contributed by atoms with van der Waals surface area (Å²) in [6, 6.07) is 12.6. The van der Waals surface area contributed by atoms with Crippen molar-refractivity contribution < 1.29 is 4.79 Å². The highest BCUT2D eigenvalue weighted by Gasteiger charge is 2.21. The third-order valence-corrected chi connectivity index (χ3v) is 5.08. The number of likely N-dealkylation sites (N-methyl/N-ethyl adjacent to an activating group) is 1. The third-order valence-electron chi connectivity index (χ3n) is 5.08. The van der Waals surface area contributed by atoms with Gasteiger partial charge in [0, 0.05) is 12.7 Å². The molecular formula is C21H32N4O. The Morgan fingerprint density at radius 3 is 2.31 bits per heavy atom. The molecule has 1 N–H and O–H groups in total. The van der Waals surface area contributed by atoms with Crippen molar-refractivity contribution in [3.05, 3.63) is 53.9 Å². The molecule has 1 unspecified atom stereocenters. The van der Waals surface area contributed by atoms with Crippen molar-refractivity contribution in [3.8, 4) is 0 Å². The van der Waals surface area contributed by atoms with Crippen molar-refractivity contribution in [2.75, 3.05) is 19.6 Å². The quantitative estimate of drug-likeness (QED) is 0.698. The molecule has 142 valence electrons. The van der Waals surface area contributed by atoms with Crippen LogP contribution in [-0.2, 0) is 0 Å². The summed E-state index contributed by atoms with van der Waals surface area (Å²) in [5.74, 6) is -0.0533. The van der Waals surface area contributed by atoms with Crippen molar-refractivity contribution in [3.63, 3.8) is 0 Å². The lowest BCUT2D eigenvalue weighted by Gasteiger charge is -2.30. The Kier molecular flexibility index (Phi) is 7.85. The zero-order valence-corrected chi connectivity index (χ0v) is 16.5. The summed E-state index contributed by atoms with van der Waals surface area (Å²) < 4.78 is 1.87. The van der Waals surface area contributed by atoms with Crippen molar-refractivity contribution in [1.82, 2.24) is 20.0 Å². The molecule has 26 heavy (non-hydrogen) atoms. The Labute approximate surface area is 157 Å². The van der Waals surface area contributed by atoms with E-state index in [2.05, 4.69) is 67.3 Å². The summed E-state index contributed by atoms with van der Waals surface area (Å²) in [7, 11) is 0. The first-order chi connectivity index (χ1) is 12.7. The minimum absolute atomic E-state index is 0.0533. The normalized spacial score (nSPS) is 12.5. The lowest BCUT2D eigenvalue weighted by Crippen LogP contribution is -2.38. The van der Waals surface area contributed by atoms with Gasteiger partial charge in [0.2, 0.25) is 0 Å². The standard InChI is InChI=1S/C21H32N4O/c1-5-18(6-2)25-19(14-15-23-25)21(26)22-16-20(24(7-3)8-4)17-12-10-9-11-13-17/h9-15,18,20H,5-8,16H2,1-4H3,(H,22,26). The fourth-order valence-electron chi connectivity index (χ4n) is 3.50. The predicted octanol–water partition coefficient (Wildman–Crippen LogP) is 4.06. The van der Waals surface area contributed by atoms with Gasteiger partial charge >= 0.3 is 0 Å². The maximum Gasteiger partial charge on any atom is 0.269 e. The molecule has 1 aromatic heterocycles. The molecule has 2 aromatic rings. The van der Waals surface area contributed by atoms with E-state index in [1.165, 1.54) is 5.56 Å². The van der Waals surface area contributed by atoms with E-state index >= 15 is 0 Å². The highest BCUT2D eigenvalue weighted by Crippen LogP contribution is 2.20. The Balaban J connectivity index is 2.14. The predicted molar refractivity (Wildman–Crippen MR) is 106 cm³/mol. The van der Waals surface area contributed by atoms with Crippen LogP contribution in [0.5, 0.6) is 0 Å². The first-order valence-electron chi connectivity index (χ1n) is 9.76. The molecule has 0 fully saturated rings. The first kappa shape index (κ1) is 20.2. The van der Waals surface area contributed by atoms with Crippen LogP contribution < -0.4 is 5.32 Å². The SMILES string of the molecule is CCC(CC)n1nccc1C(=O)NCC(c1ccccc1)N(CC)CC. The van der Waals surface area contributed by atoms with Crippen LogP contribution in [0.1, 0.15) is 68.7 Å². The van der Waals surface area contributed by atoms with Crippen LogP contribution in [0.3, 0.4) is 0 Å². The summed E-state index contributed by atoms with van der Waals surface area (Å²) in [5, 5.41) is 7.51. The molecule has 0 saturated carbocycles. The largest absolute Gasteiger partial charge is 0.349 e. The smallest absolute Gasteiger partial charge is 0.269 e. The summed E-state index contributed by atoms with van der Waals surface area (Å²) in [4.78, 5) is 15.2. The molecule has 0 radical (unpaired) electrons. The second-order valence-electron chi connectivity index (χ2n) is 6.49. The molecular weight excluding hydrogens is 324 g/mol. The highest BCUT2D eigenvalue weighted by atomic mass is 16.2. The molecule has 0 aliphatic carbocycles. The number of hydrogen-bond donors (Lipinski definition) is 1. The Morgan fingerprint density at radius 1 is 1.08 bits per heavy atom. The molecule has 5 nitrogen and oxygen atoms in total. The summed E-state index contributed by atoms with van der Waals surface area (Å²) in [6.07, 6.45) is 3.64. The van der Waals surface area contributed by atoms with E-state index < -0.39 is 0 Å². The van der Waals surface area contributed by atoms with Crippen LogP contribution in [0.4, 0.5) is 0 Å². The summed E-state index contributed by atoms with van der Waals surface area (Å²) >= 11 is 0. The van der Waals surface area contributed by atoms with E-state index in [9.17, 15) is 4.79 Å². The maximum absolute atomic E-state index is 12.8. The average molecular weight is 357 g/mol. The van der Waals surface area contributed by atoms with E-state index in [1.54, 1.807) is 6.20 Å². The van der Waals surface area contributed by atoms with Crippen LogP contribution in [0.2, 0.25) is 0 Å². The zero-order valence-electron chi connectivity index (χ0n) is 16.5. The van der Waals surface area contributed by atoms with Crippen LogP contribution in [0.15, 0.2) is 42.6 Å². The minimum Gasteiger partial charge on any atom is -0.349 e. The van der Waals surface area contributed by atoms with E-state index in [1.807, 2.05) is 16.8 Å². The van der Waals surface area contributed by atoms with E-state index in [4.69, 9.17) is 0 Å². The molecule has 1 aromatic carbocycles. The molecule has 0 aliphatic heterocycles. The van der Waals surface area contributed by atoms with Gasteiger partial charge in [0.15, 0.2) is 0 Å². The van der Waals surface area contributed by atoms with Gasteiger partial charge in [-0.1, -0.05) is 58.0 Å². The van der Waals surface area contributed by atoms with Crippen molar-refractivity contribution >= 4 is 5.91 Å². The molecule has 0 bridgehead atoms. The van der Waals surface area contributed by atoms with Crippen LogP contribution in [0.25, 0.3) is 0 Å². The molecule has 1 heterocycles. The number of benzene rings is 1. The van der Waals surface area contributed by atoms with E-state index in [-0.39, 0.29) is 18.0 Å². The fourth-order valence-corrected chi connectivity index (χ4v) is 3.50. The van der Waals surface area contributed by atoms with Gasteiger partial charge in [-0.15, -0.1) is 0 Å². The molecule has 2 rings (SSSR count). The first-order valence-corrected chi connectivity index (χ1v) is 9.76. The van der Waals surface area contributed by atoms with Gasteiger partial charge in [-0.3, -0.25) is 14.4 Å². The van der Waals surface area contributed by atoms with Crippen LogP contribution in [0, 0.1) is 0 Å². The second-order valence-corrected chi connectivity index (χ2v) is 6.49. The Hall–Kier alpha value is -2.14. The van der Waals surface area contributed by atoms with Gasteiger partial charge in [0.1, 0.15) is 5.69 Å². The molecule has 0 spiro atoms.